The van der Waals surface area contributed by atoms with Crippen LogP contribution in [-0.4, -0.2) is 50.1 Å². The molecule has 9 heteroatoms. The average Bonchev–Trinajstić information content (AvgIpc) is 2.39. The van der Waals surface area contributed by atoms with Gasteiger partial charge in [-0.1, -0.05) is 11.6 Å². The second-order valence-corrected chi connectivity index (χ2v) is 6.20. The number of hydrogen-bond donors (Lipinski definition) is 2. The van der Waals surface area contributed by atoms with E-state index in [0.717, 1.165) is 0 Å². The summed E-state index contributed by atoms with van der Waals surface area (Å²) in [4.78, 5) is 10.8. The highest BCUT2D eigenvalue weighted by Gasteiger charge is 2.24. The van der Waals surface area contributed by atoms with E-state index >= 15 is 0 Å². The van der Waals surface area contributed by atoms with Crippen LogP contribution in [0.15, 0.2) is 18.2 Å². The fourth-order valence-corrected chi connectivity index (χ4v) is 3.20. The number of carboxylic acid groups (broad SMARTS) is 1. The van der Waals surface area contributed by atoms with Crippen LogP contribution in [0.25, 0.3) is 0 Å². The van der Waals surface area contributed by atoms with Crippen molar-refractivity contribution in [3.63, 3.8) is 0 Å². The number of halogens is 1. The van der Waals surface area contributed by atoms with Crippen LogP contribution in [0.3, 0.4) is 0 Å². The number of benzene rings is 1. The third kappa shape index (κ3) is 3.40. The van der Waals surface area contributed by atoms with E-state index in [-0.39, 0.29) is 29.4 Å². The van der Waals surface area contributed by atoms with Gasteiger partial charge in [0.15, 0.2) is 0 Å². The summed E-state index contributed by atoms with van der Waals surface area (Å²) in [6, 6.07) is 3.87. The van der Waals surface area contributed by atoms with Gasteiger partial charge in [0.05, 0.1) is 29.5 Å². The molecule has 7 nitrogen and oxygen atoms in total. The molecule has 0 aliphatic carbocycles. The Kier molecular flexibility index (Phi) is 4.48. The van der Waals surface area contributed by atoms with Crippen LogP contribution in [0, 0.1) is 0 Å². The van der Waals surface area contributed by atoms with Crippen molar-refractivity contribution in [3.05, 3.63) is 28.8 Å². The summed E-state index contributed by atoms with van der Waals surface area (Å²) in [7, 11) is -3.69. The molecule has 0 spiro atoms. The van der Waals surface area contributed by atoms with Crippen molar-refractivity contribution in [2.75, 3.05) is 31.0 Å². The number of anilines is 1. The molecule has 1 saturated heterocycles. The van der Waals surface area contributed by atoms with E-state index in [2.05, 4.69) is 4.72 Å². The third-order valence-electron chi connectivity index (χ3n) is 2.76. The number of hydrogen-bond acceptors (Lipinski definition) is 4. The molecule has 1 heterocycles. The topological polar surface area (TPSA) is 95.9 Å². The molecular formula is C11H13ClN2O5S. The van der Waals surface area contributed by atoms with Gasteiger partial charge >= 0.3 is 16.2 Å². The van der Waals surface area contributed by atoms with Gasteiger partial charge in [0.2, 0.25) is 0 Å². The van der Waals surface area contributed by atoms with Crippen LogP contribution >= 0.6 is 11.6 Å². The van der Waals surface area contributed by atoms with Gasteiger partial charge in [-0.3, -0.25) is 4.72 Å². The summed E-state index contributed by atoms with van der Waals surface area (Å²) < 4.78 is 32.9. The van der Waals surface area contributed by atoms with Crippen LogP contribution in [0.4, 0.5) is 5.69 Å². The van der Waals surface area contributed by atoms with Gasteiger partial charge < -0.3 is 9.84 Å². The first-order valence-electron chi connectivity index (χ1n) is 5.78. The molecular weight excluding hydrogens is 308 g/mol. The Morgan fingerprint density at radius 1 is 1.35 bits per heavy atom. The van der Waals surface area contributed by atoms with Gasteiger partial charge in [0.1, 0.15) is 0 Å². The zero-order valence-corrected chi connectivity index (χ0v) is 11.9. The predicted molar refractivity (Wildman–Crippen MR) is 73.3 cm³/mol. The van der Waals surface area contributed by atoms with Crippen LogP contribution in [0.5, 0.6) is 0 Å². The minimum atomic E-state index is -3.69. The Morgan fingerprint density at radius 2 is 2.00 bits per heavy atom. The Morgan fingerprint density at radius 3 is 2.55 bits per heavy atom. The van der Waals surface area contributed by atoms with Crippen molar-refractivity contribution in [2.24, 2.45) is 0 Å². The maximum Gasteiger partial charge on any atom is 0.337 e. The van der Waals surface area contributed by atoms with Crippen molar-refractivity contribution in [1.29, 1.82) is 0 Å². The van der Waals surface area contributed by atoms with Crippen LogP contribution in [0.2, 0.25) is 5.02 Å². The largest absolute Gasteiger partial charge is 0.478 e. The molecule has 1 aromatic carbocycles. The lowest BCUT2D eigenvalue weighted by Crippen LogP contribution is -2.43. The summed E-state index contributed by atoms with van der Waals surface area (Å²) in [6.07, 6.45) is 0. The molecule has 0 radical (unpaired) electrons. The van der Waals surface area contributed by atoms with Crippen molar-refractivity contribution in [1.82, 2.24) is 4.31 Å². The normalized spacial score (nSPS) is 16.9. The first-order valence-corrected chi connectivity index (χ1v) is 7.60. The second kappa shape index (κ2) is 5.96. The van der Waals surface area contributed by atoms with E-state index in [9.17, 15) is 13.2 Å². The summed E-state index contributed by atoms with van der Waals surface area (Å²) in [5.41, 5.74) is 0.132. The molecule has 1 aliphatic heterocycles. The lowest BCUT2D eigenvalue weighted by molar-refractivity contribution is 0.0697. The Bertz CT molecular complexity index is 613. The maximum absolute atomic E-state index is 12.1. The Hall–Kier alpha value is -1.35. The molecule has 1 aromatic rings. The lowest BCUT2D eigenvalue weighted by atomic mass is 10.2. The van der Waals surface area contributed by atoms with E-state index in [0.29, 0.717) is 13.2 Å². The Labute approximate surface area is 121 Å². The first kappa shape index (κ1) is 15.0. The monoisotopic (exact) mass is 320 g/mol. The minimum absolute atomic E-state index is 0.0281. The molecule has 0 bridgehead atoms. The van der Waals surface area contributed by atoms with Crippen LogP contribution < -0.4 is 4.72 Å². The standard InChI is InChI=1S/C11H13ClN2O5S/c12-10-7-8(1-2-9(10)11(15)16)13-20(17,18)14-3-5-19-6-4-14/h1-2,7,13H,3-6H2,(H,15,16). The number of nitrogens with zero attached hydrogens (tertiary/aromatic N) is 1. The van der Waals surface area contributed by atoms with E-state index < -0.39 is 16.2 Å². The van der Waals surface area contributed by atoms with Gasteiger partial charge in [0.25, 0.3) is 0 Å². The number of ether oxygens (including phenoxy) is 1. The van der Waals surface area contributed by atoms with E-state index in [1.54, 1.807) is 0 Å². The van der Waals surface area contributed by atoms with Gasteiger partial charge in [0, 0.05) is 13.1 Å². The molecule has 20 heavy (non-hydrogen) atoms. The zero-order valence-electron chi connectivity index (χ0n) is 10.4. The molecule has 0 unspecified atom stereocenters. The Balaban J connectivity index is 2.17. The SMILES string of the molecule is O=C(O)c1ccc(NS(=O)(=O)N2CCOCC2)cc1Cl. The number of morpholine rings is 1. The quantitative estimate of drug-likeness (QED) is 0.863. The van der Waals surface area contributed by atoms with Crippen molar-refractivity contribution < 1.29 is 23.1 Å². The molecule has 1 aliphatic rings. The van der Waals surface area contributed by atoms with Gasteiger partial charge in [-0.05, 0) is 18.2 Å². The number of nitrogens with one attached hydrogen (secondary N) is 1. The number of carboxylic acids is 1. The lowest BCUT2D eigenvalue weighted by Gasteiger charge is -2.26. The number of aromatic carboxylic acids is 1. The van der Waals surface area contributed by atoms with Crippen molar-refractivity contribution >= 4 is 33.5 Å². The predicted octanol–water partition coefficient (Wildman–Crippen LogP) is 1.03. The summed E-state index contributed by atoms with van der Waals surface area (Å²) in [5.74, 6) is -1.17. The van der Waals surface area contributed by atoms with E-state index in [1.807, 2.05) is 0 Å². The molecule has 0 atom stereocenters. The molecule has 1 fully saturated rings. The molecule has 0 aromatic heterocycles. The minimum Gasteiger partial charge on any atom is -0.478 e. The van der Waals surface area contributed by atoms with Crippen LogP contribution in [-0.2, 0) is 14.9 Å². The van der Waals surface area contributed by atoms with Crippen LogP contribution in [0.1, 0.15) is 10.4 Å². The van der Waals surface area contributed by atoms with Gasteiger partial charge in [-0.25, -0.2) is 4.79 Å². The fraction of sp³-hybridized carbons (Fsp3) is 0.364. The van der Waals surface area contributed by atoms with Crippen molar-refractivity contribution in [2.45, 2.75) is 0 Å². The highest BCUT2D eigenvalue weighted by Crippen LogP contribution is 2.22. The summed E-state index contributed by atoms with van der Waals surface area (Å²) in [5, 5.41) is 8.82. The fourth-order valence-electron chi connectivity index (χ4n) is 1.75. The highest BCUT2D eigenvalue weighted by atomic mass is 35.5. The van der Waals surface area contributed by atoms with E-state index in [4.69, 9.17) is 21.4 Å². The first-order chi connectivity index (χ1) is 9.40. The third-order valence-corrected chi connectivity index (χ3v) is 4.61. The number of rotatable bonds is 4. The van der Waals surface area contributed by atoms with Crippen molar-refractivity contribution in [3.8, 4) is 0 Å². The summed E-state index contributed by atoms with van der Waals surface area (Å²) >= 11 is 5.79. The molecule has 0 amide bonds. The van der Waals surface area contributed by atoms with Gasteiger partial charge in [-0.15, -0.1) is 0 Å². The summed E-state index contributed by atoms with van der Waals surface area (Å²) in [6.45, 7) is 1.24. The molecule has 2 N–H and O–H groups in total. The smallest absolute Gasteiger partial charge is 0.337 e. The van der Waals surface area contributed by atoms with E-state index in [1.165, 1.54) is 22.5 Å². The maximum atomic E-state index is 12.1. The highest BCUT2D eigenvalue weighted by molar-refractivity contribution is 7.90. The molecule has 110 valence electrons. The second-order valence-electron chi connectivity index (χ2n) is 4.12. The van der Waals surface area contributed by atoms with Gasteiger partial charge in [-0.2, -0.15) is 12.7 Å². The average molecular weight is 321 g/mol. The molecule has 2 rings (SSSR count). The molecule has 0 saturated carbocycles. The zero-order chi connectivity index (χ0) is 14.8. The number of carbonyl (C=O) groups is 1.